The first-order valence-corrected chi connectivity index (χ1v) is 11.2. The molecule has 0 spiro atoms. The predicted molar refractivity (Wildman–Crippen MR) is 100 cm³/mol. The fourth-order valence-electron chi connectivity index (χ4n) is 7.14. The molecule has 5 fully saturated rings. The quantitative estimate of drug-likeness (QED) is 0.805. The van der Waals surface area contributed by atoms with E-state index in [1.54, 1.807) is 0 Å². The molecular formula is C22H34N2O2. The lowest BCUT2D eigenvalue weighted by Crippen LogP contribution is -2.57. The van der Waals surface area contributed by atoms with Crippen molar-refractivity contribution in [3.05, 3.63) is 0 Å². The Morgan fingerprint density at radius 2 is 1.00 bits per heavy atom. The van der Waals surface area contributed by atoms with Gasteiger partial charge in [0, 0.05) is 22.9 Å². The van der Waals surface area contributed by atoms with Gasteiger partial charge >= 0.3 is 0 Å². The van der Waals surface area contributed by atoms with Gasteiger partial charge in [-0.25, -0.2) is 0 Å². The molecule has 5 aliphatic rings. The molecule has 0 aliphatic heterocycles. The van der Waals surface area contributed by atoms with E-state index in [0.717, 1.165) is 63.2 Å². The van der Waals surface area contributed by atoms with Crippen LogP contribution in [0.4, 0.5) is 0 Å². The Kier molecular flexibility index (Phi) is 4.09. The SMILES string of the molecule is O=C(NC1CCCCC1NC(=O)C12CCC(CC1)C2)C12CCC(CC1)C2. The zero-order valence-corrected chi connectivity index (χ0v) is 16.0. The Labute approximate surface area is 157 Å². The van der Waals surface area contributed by atoms with Crippen molar-refractivity contribution in [1.82, 2.24) is 10.6 Å². The second kappa shape index (κ2) is 6.24. The Hall–Kier alpha value is -1.06. The zero-order chi connectivity index (χ0) is 17.8. The smallest absolute Gasteiger partial charge is 0.226 e. The van der Waals surface area contributed by atoms with Crippen molar-refractivity contribution in [2.24, 2.45) is 22.7 Å². The molecule has 144 valence electrons. The molecule has 2 amide bonds. The summed E-state index contributed by atoms with van der Waals surface area (Å²) in [6, 6.07) is 0.286. The molecule has 2 N–H and O–H groups in total. The van der Waals surface area contributed by atoms with Crippen LogP contribution < -0.4 is 10.6 Å². The average Bonchev–Trinajstić information content (AvgIpc) is 3.44. The molecule has 0 heterocycles. The number of hydrogen-bond acceptors (Lipinski definition) is 2. The van der Waals surface area contributed by atoms with Crippen LogP contribution in [0.3, 0.4) is 0 Å². The highest BCUT2D eigenvalue weighted by molar-refractivity contribution is 5.85. The van der Waals surface area contributed by atoms with Gasteiger partial charge in [-0.2, -0.15) is 0 Å². The molecule has 5 saturated carbocycles. The van der Waals surface area contributed by atoms with Gasteiger partial charge in [-0.15, -0.1) is 0 Å². The Morgan fingerprint density at radius 3 is 1.31 bits per heavy atom. The Morgan fingerprint density at radius 1 is 0.615 bits per heavy atom. The monoisotopic (exact) mass is 358 g/mol. The second-order valence-electron chi connectivity index (χ2n) is 10.3. The van der Waals surface area contributed by atoms with Crippen LogP contribution in [0.25, 0.3) is 0 Å². The fourth-order valence-corrected chi connectivity index (χ4v) is 7.14. The average molecular weight is 359 g/mol. The van der Waals surface area contributed by atoms with Crippen LogP contribution in [0.5, 0.6) is 0 Å². The van der Waals surface area contributed by atoms with E-state index in [1.165, 1.54) is 38.5 Å². The van der Waals surface area contributed by atoms with E-state index in [2.05, 4.69) is 10.6 Å². The first-order chi connectivity index (χ1) is 12.6. The van der Waals surface area contributed by atoms with Gasteiger partial charge in [0.25, 0.3) is 0 Å². The van der Waals surface area contributed by atoms with Gasteiger partial charge in [-0.05, 0) is 88.9 Å². The van der Waals surface area contributed by atoms with Gasteiger partial charge < -0.3 is 10.6 Å². The first-order valence-electron chi connectivity index (χ1n) is 11.2. The Balaban J connectivity index is 1.24. The van der Waals surface area contributed by atoms with Crippen molar-refractivity contribution in [3.8, 4) is 0 Å². The molecule has 0 aromatic heterocycles. The Bertz CT molecular complexity index is 533. The summed E-state index contributed by atoms with van der Waals surface area (Å²) in [5.74, 6) is 2.17. The van der Waals surface area contributed by atoms with E-state index in [9.17, 15) is 9.59 Å². The lowest BCUT2D eigenvalue weighted by Gasteiger charge is -2.37. The molecule has 0 aromatic carbocycles. The van der Waals surface area contributed by atoms with E-state index in [1.807, 2.05) is 0 Å². The number of rotatable bonds is 4. The topological polar surface area (TPSA) is 58.2 Å². The van der Waals surface area contributed by atoms with Gasteiger partial charge in [0.1, 0.15) is 0 Å². The molecule has 4 bridgehead atoms. The van der Waals surface area contributed by atoms with Crippen molar-refractivity contribution >= 4 is 11.8 Å². The number of nitrogens with one attached hydrogen (secondary N) is 2. The number of carbonyl (C=O) groups is 2. The summed E-state index contributed by atoms with van der Waals surface area (Å²) in [5, 5.41) is 6.83. The summed E-state index contributed by atoms with van der Waals surface area (Å²) in [6.07, 6.45) is 15.9. The van der Waals surface area contributed by atoms with E-state index in [-0.39, 0.29) is 22.9 Å². The maximum atomic E-state index is 13.1. The minimum absolute atomic E-state index is 0.0700. The van der Waals surface area contributed by atoms with E-state index >= 15 is 0 Å². The van der Waals surface area contributed by atoms with Crippen molar-refractivity contribution in [1.29, 1.82) is 0 Å². The number of amides is 2. The van der Waals surface area contributed by atoms with Crippen LogP contribution in [0.15, 0.2) is 0 Å². The highest BCUT2D eigenvalue weighted by Crippen LogP contribution is 2.55. The lowest BCUT2D eigenvalue weighted by atomic mass is 9.81. The number of fused-ring (bicyclic) bond motifs is 4. The molecule has 0 radical (unpaired) electrons. The van der Waals surface area contributed by atoms with Gasteiger partial charge in [0.05, 0.1) is 0 Å². The third kappa shape index (κ3) is 2.70. The lowest BCUT2D eigenvalue weighted by molar-refractivity contribution is -0.134. The minimum atomic E-state index is -0.0700. The third-order valence-electron chi connectivity index (χ3n) is 8.85. The van der Waals surface area contributed by atoms with E-state index < -0.39 is 0 Å². The van der Waals surface area contributed by atoms with Crippen LogP contribution in [-0.4, -0.2) is 23.9 Å². The summed E-state index contributed by atoms with van der Waals surface area (Å²) >= 11 is 0. The van der Waals surface area contributed by atoms with Crippen molar-refractivity contribution < 1.29 is 9.59 Å². The van der Waals surface area contributed by atoms with Crippen LogP contribution in [0.2, 0.25) is 0 Å². The molecule has 0 saturated heterocycles. The first kappa shape index (κ1) is 17.1. The summed E-state index contributed by atoms with van der Waals surface area (Å²) in [5.41, 5.74) is -0.140. The standard InChI is InChI=1S/C22H34N2O2/c25-19(21-9-5-15(13-21)6-10-21)23-17-3-1-2-4-18(17)24-20(26)22-11-7-16(14-22)8-12-22/h15-18H,1-14H2,(H,23,25)(H,24,26). The molecule has 5 aliphatic carbocycles. The van der Waals surface area contributed by atoms with Gasteiger partial charge in [0.2, 0.25) is 11.8 Å². The van der Waals surface area contributed by atoms with Crippen LogP contribution in [0, 0.1) is 22.7 Å². The largest absolute Gasteiger partial charge is 0.351 e. The van der Waals surface area contributed by atoms with Crippen molar-refractivity contribution in [3.63, 3.8) is 0 Å². The number of hydrogen-bond donors (Lipinski definition) is 2. The highest BCUT2D eigenvalue weighted by atomic mass is 16.2. The normalized spacial score (nSPS) is 46.5. The summed E-state index contributed by atoms with van der Waals surface area (Å²) in [4.78, 5) is 26.2. The van der Waals surface area contributed by atoms with E-state index in [4.69, 9.17) is 0 Å². The van der Waals surface area contributed by atoms with Crippen LogP contribution >= 0.6 is 0 Å². The van der Waals surface area contributed by atoms with Gasteiger partial charge in [0.15, 0.2) is 0 Å². The fraction of sp³-hybridized carbons (Fsp3) is 0.909. The number of carbonyl (C=O) groups excluding carboxylic acids is 2. The third-order valence-corrected chi connectivity index (χ3v) is 8.85. The maximum absolute atomic E-state index is 13.1. The second-order valence-corrected chi connectivity index (χ2v) is 10.3. The minimum Gasteiger partial charge on any atom is -0.351 e. The molecule has 2 atom stereocenters. The van der Waals surface area contributed by atoms with Gasteiger partial charge in [-0.3, -0.25) is 9.59 Å². The molecule has 4 nitrogen and oxygen atoms in total. The molecular weight excluding hydrogens is 324 g/mol. The summed E-state index contributed by atoms with van der Waals surface area (Å²) in [6.45, 7) is 0. The summed E-state index contributed by atoms with van der Waals surface area (Å²) < 4.78 is 0. The zero-order valence-electron chi connectivity index (χ0n) is 16.0. The predicted octanol–water partition coefficient (Wildman–Crippen LogP) is 3.69. The molecule has 5 rings (SSSR count). The van der Waals surface area contributed by atoms with E-state index in [0.29, 0.717) is 11.8 Å². The maximum Gasteiger partial charge on any atom is 0.226 e. The molecule has 0 aromatic rings. The molecule has 26 heavy (non-hydrogen) atoms. The van der Waals surface area contributed by atoms with Crippen LogP contribution in [0.1, 0.15) is 89.9 Å². The van der Waals surface area contributed by atoms with Crippen molar-refractivity contribution in [2.75, 3.05) is 0 Å². The van der Waals surface area contributed by atoms with Crippen LogP contribution in [-0.2, 0) is 9.59 Å². The van der Waals surface area contributed by atoms with Crippen molar-refractivity contribution in [2.45, 2.75) is 102 Å². The highest BCUT2D eigenvalue weighted by Gasteiger charge is 2.52. The molecule has 2 unspecified atom stereocenters. The van der Waals surface area contributed by atoms with Gasteiger partial charge in [-0.1, -0.05) is 12.8 Å². The molecule has 4 heteroatoms. The summed E-state index contributed by atoms with van der Waals surface area (Å²) in [7, 11) is 0.